The first-order valence-corrected chi connectivity index (χ1v) is 8.59. The summed E-state index contributed by atoms with van der Waals surface area (Å²) in [7, 11) is 0. The summed E-state index contributed by atoms with van der Waals surface area (Å²) in [5.74, 6) is 0.576. The average Bonchev–Trinajstić information content (AvgIpc) is 2.68. The van der Waals surface area contributed by atoms with Gasteiger partial charge >= 0.3 is 5.69 Å². The molecule has 4 rings (SSSR count). The minimum Gasteiger partial charge on any atom is -0.351 e. The van der Waals surface area contributed by atoms with Crippen LogP contribution in [0, 0.1) is 10.1 Å². The second kappa shape index (κ2) is 6.91. The van der Waals surface area contributed by atoms with Crippen molar-refractivity contribution in [3.05, 3.63) is 53.0 Å². The first-order chi connectivity index (χ1) is 12.7. The fraction of sp³-hybridized carbons (Fsp3) is 0.278. The summed E-state index contributed by atoms with van der Waals surface area (Å²) in [6.07, 6.45) is 6.26. The Labute approximate surface area is 150 Å². The van der Waals surface area contributed by atoms with Crippen LogP contribution in [0.25, 0.3) is 10.9 Å². The predicted molar refractivity (Wildman–Crippen MR) is 99.8 cm³/mol. The number of hydrogen-bond donors (Lipinski definition) is 1. The van der Waals surface area contributed by atoms with E-state index in [0.29, 0.717) is 5.82 Å². The van der Waals surface area contributed by atoms with Gasteiger partial charge in [-0.25, -0.2) is 9.97 Å². The van der Waals surface area contributed by atoms with Gasteiger partial charge in [0.15, 0.2) is 0 Å². The SMILES string of the molecule is O=[N+]([O-])c1c(Nc2cccc3ncccc23)ncnc1N1CCCCC1. The fourth-order valence-electron chi connectivity index (χ4n) is 3.31. The third kappa shape index (κ3) is 3.01. The number of nitro groups is 1. The average molecular weight is 350 g/mol. The summed E-state index contributed by atoms with van der Waals surface area (Å²) in [5.41, 5.74) is 1.45. The largest absolute Gasteiger partial charge is 0.353 e. The molecule has 1 saturated heterocycles. The molecule has 3 aromatic rings. The lowest BCUT2D eigenvalue weighted by Crippen LogP contribution is -2.31. The van der Waals surface area contributed by atoms with Gasteiger partial charge in [0.1, 0.15) is 6.33 Å². The van der Waals surface area contributed by atoms with Crippen LogP contribution in [-0.4, -0.2) is 33.0 Å². The van der Waals surface area contributed by atoms with Crippen LogP contribution in [0.3, 0.4) is 0 Å². The minimum atomic E-state index is -0.407. The number of piperidine rings is 1. The Morgan fingerprint density at radius 1 is 1.04 bits per heavy atom. The predicted octanol–water partition coefficient (Wildman–Crippen LogP) is 3.67. The van der Waals surface area contributed by atoms with E-state index in [4.69, 9.17) is 0 Å². The first kappa shape index (κ1) is 16.2. The van der Waals surface area contributed by atoms with Crippen molar-refractivity contribution in [1.29, 1.82) is 0 Å². The third-order valence-electron chi connectivity index (χ3n) is 4.54. The van der Waals surface area contributed by atoms with Crippen molar-refractivity contribution < 1.29 is 4.92 Å². The number of aromatic nitrogens is 3. The molecule has 8 nitrogen and oxygen atoms in total. The number of nitrogens with zero attached hydrogens (tertiary/aromatic N) is 5. The van der Waals surface area contributed by atoms with Crippen molar-refractivity contribution in [2.45, 2.75) is 19.3 Å². The van der Waals surface area contributed by atoms with E-state index in [-0.39, 0.29) is 11.5 Å². The zero-order valence-corrected chi connectivity index (χ0v) is 14.1. The molecular formula is C18H18N6O2. The molecule has 0 unspecified atom stereocenters. The molecule has 2 aromatic heterocycles. The standard InChI is InChI=1S/C18H18N6O2/c25-24(26)16-17(20-12-21-18(16)23-10-2-1-3-11-23)22-15-8-4-7-14-13(15)6-5-9-19-14/h4-9,12H,1-3,10-11H2,(H,20,21,22). The highest BCUT2D eigenvalue weighted by atomic mass is 16.6. The minimum absolute atomic E-state index is 0.0877. The van der Waals surface area contributed by atoms with E-state index in [1.54, 1.807) is 6.20 Å². The van der Waals surface area contributed by atoms with E-state index in [0.717, 1.165) is 48.9 Å². The molecule has 26 heavy (non-hydrogen) atoms. The molecule has 0 aliphatic carbocycles. The van der Waals surface area contributed by atoms with Gasteiger partial charge in [-0.15, -0.1) is 0 Å². The zero-order chi connectivity index (χ0) is 17.9. The number of benzene rings is 1. The summed E-state index contributed by atoms with van der Waals surface area (Å²) < 4.78 is 0. The smallest absolute Gasteiger partial charge is 0.351 e. The van der Waals surface area contributed by atoms with E-state index >= 15 is 0 Å². The van der Waals surface area contributed by atoms with Crippen LogP contribution in [0.5, 0.6) is 0 Å². The maximum atomic E-state index is 11.8. The second-order valence-corrected chi connectivity index (χ2v) is 6.20. The monoisotopic (exact) mass is 350 g/mol. The van der Waals surface area contributed by atoms with Gasteiger partial charge in [-0.05, 0) is 43.5 Å². The summed E-state index contributed by atoms with van der Waals surface area (Å²) in [5, 5.41) is 15.8. The molecule has 0 radical (unpaired) electrons. The second-order valence-electron chi connectivity index (χ2n) is 6.20. The summed E-state index contributed by atoms with van der Waals surface area (Å²) >= 11 is 0. The molecule has 1 N–H and O–H groups in total. The van der Waals surface area contributed by atoms with E-state index in [9.17, 15) is 10.1 Å². The van der Waals surface area contributed by atoms with Gasteiger partial charge in [-0.1, -0.05) is 6.07 Å². The van der Waals surface area contributed by atoms with Crippen LogP contribution in [0.4, 0.5) is 23.0 Å². The lowest BCUT2D eigenvalue weighted by molar-refractivity contribution is -0.383. The highest BCUT2D eigenvalue weighted by Gasteiger charge is 2.28. The Bertz CT molecular complexity index is 950. The Balaban J connectivity index is 1.77. The summed E-state index contributed by atoms with van der Waals surface area (Å²) in [4.78, 5) is 26.0. The number of anilines is 3. The van der Waals surface area contributed by atoms with E-state index in [2.05, 4.69) is 20.3 Å². The number of nitrogens with one attached hydrogen (secondary N) is 1. The number of fused-ring (bicyclic) bond motifs is 1. The molecule has 0 saturated carbocycles. The third-order valence-corrected chi connectivity index (χ3v) is 4.54. The van der Waals surface area contributed by atoms with Gasteiger partial charge in [0.2, 0.25) is 11.6 Å². The quantitative estimate of drug-likeness (QED) is 0.566. The van der Waals surface area contributed by atoms with Crippen LogP contribution >= 0.6 is 0 Å². The van der Waals surface area contributed by atoms with Gasteiger partial charge in [0.25, 0.3) is 0 Å². The lowest BCUT2D eigenvalue weighted by atomic mass is 10.1. The molecule has 132 valence electrons. The highest BCUT2D eigenvalue weighted by molar-refractivity contribution is 5.93. The molecule has 1 aliphatic heterocycles. The first-order valence-electron chi connectivity index (χ1n) is 8.59. The van der Waals surface area contributed by atoms with Crippen molar-refractivity contribution in [2.24, 2.45) is 0 Å². The Morgan fingerprint density at radius 3 is 2.69 bits per heavy atom. The van der Waals surface area contributed by atoms with Crippen molar-refractivity contribution >= 4 is 33.9 Å². The maximum absolute atomic E-state index is 11.8. The molecule has 8 heteroatoms. The normalized spacial score (nSPS) is 14.4. The van der Waals surface area contributed by atoms with Crippen LogP contribution < -0.4 is 10.2 Å². The van der Waals surface area contributed by atoms with Crippen LogP contribution in [0.1, 0.15) is 19.3 Å². The summed E-state index contributed by atoms with van der Waals surface area (Å²) in [6.45, 7) is 1.55. The van der Waals surface area contributed by atoms with Gasteiger partial charge < -0.3 is 10.2 Å². The van der Waals surface area contributed by atoms with Crippen molar-refractivity contribution in [1.82, 2.24) is 15.0 Å². The van der Waals surface area contributed by atoms with Crippen molar-refractivity contribution in [2.75, 3.05) is 23.3 Å². The van der Waals surface area contributed by atoms with Crippen LogP contribution in [0.15, 0.2) is 42.9 Å². The lowest BCUT2D eigenvalue weighted by Gasteiger charge is -2.27. The molecule has 0 atom stereocenters. The van der Waals surface area contributed by atoms with Gasteiger partial charge in [0.05, 0.1) is 10.4 Å². The van der Waals surface area contributed by atoms with Gasteiger partial charge in [-0.2, -0.15) is 0 Å². The Morgan fingerprint density at radius 2 is 1.88 bits per heavy atom. The van der Waals surface area contributed by atoms with Crippen LogP contribution in [0.2, 0.25) is 0 Å². The molecular weight excluding hydrogens is 332 g/mol. The van der Waals surface area contributed by atoms with E-state index < -0.39 is 4.92 Å². The van der Waals surface area contributed by atoms with Crippen molar-refractivity contribution in [3.63, 3.8) is 0 Å². The molecule has 1 aromatic carbocycles. The van der Waals surface area contributed by atoms with E-state index in [1.807, 2.05) is 35.2 Å². The van der Waals surface area contributed by atoms with Gasteiger partial charge in [-0.3, -0.25) is 15.1 Å². The molecule has 0 amide bonds. The molecule has 1 aliphatic rings. The van der Waals surface area contributed by atoms with E-state index in [1.165, 1.54) is 6.33 Å². The maximum Gasteiger partial charge on any atom is 0.353 e. The zero-order valence-electron chi connectivity index (χ0n) is 14.1. The number of pyridine rings is 1. The molecule has 1 fully saturated rings. The highest BCUT2D eigenvalue weighted by Crippen LogP contribution is 2.35. The number of hydrogen-bond acceptors (Lipinski definition) is 7. The number of rotatable bonds is 4. The summed E-state index contributed by atoms with van der Waals surface area (Å²) in [6, 6.07) is 9.37. The molecule has 3 heterocycles. The Hall–Kier alpha value is -3.29. The van der Waals surface area contributed by atoms with Crippen LogP contribution in [-0.2, 0) is 0 Å². The molecule has 0 spiro atoms. The fourth-order valence-corrected chi connectivity index (χ4v) is 3.31. The van der Waals surface area contributed by atoms with Crippen molar-refractivity contribution in [3.8, 4) is 0 Å². The van der Waals surface area contributed by atoms with Gasteiger partial charge in [0, 0.05) is 30.4 Å². The Kier molecular flexibility index (Phi) is 4.30. The molecule has 0 bridgehead atoms. The topological polar surface area (TPSA) is 97.1 Å².